The first-order chi connectivity index (χ1) is 8.88. The Labute approximate surface area is 114 Å². The number of carbonyl (C=O) groups is 1. The standard InChI is InChI=1S/C14H23N3O2/c1-14(2,3)19-13(18)17-8-4-5-12(15)11-6-9-16-10-7-11/h6-7,9-10,12H,4-5,8,15H2,1-3H3,(H,17,18)/t12-/m1/s1. The lowest BCUT2D eigenvalue weighted by Gasteiger charge is -2.19. The van der Waals surface area contributed by atoms with E-state index < -0.39 is 5.60 Å². The van der Waals surface area contributed by atoms with Crippen molar-refractivity contribution in [2.45, 2.75) is 45.3 Å². The molecule has 1 amide bonds. The number of hydrogen-bond donors (Lipinski definition) is 2. The molecule has 0 aliphatic rings. The van der Waals surface area contributed by atoms with Crippen LogP contribution in [0.4, 0.5) is 4.79 Å². The molecule has 5 heteroatoms. The van der Waals surface area contributed by atoms with Crippen LogP contribution in [0.25, 0.3) is 0 Å². The Morgan fingerprint density at radius 1 is 1.42 bits per heavy atom. The molecule has 0 bridgehead atoms. The Bertz CT molecular complexity index is 387. The fourth-order valence-corrected chi connectivity index (χ4v) is 1.60. The first-order valence-corrected chi connectivity index (χ1v) is 6.51. The number of rotatable bonds is 5. The van der Waals surface area contributed by atoms with Gasteiger partial charge in [0, 0.05) is 25.0 Å². The van der Waals surface area contributed by atoms with Crippen molar-refractivity contribution in [2.24, 2.45) is 5.73 Å². The Morgan fingerprint density at radius 2 is 2.05 bits per heavy atom. The number of carbonyl (C=O) groups excluding carboxylic acids is 1. The molecule has 3 N–H and O–H groups in total. The fourth-order valence-electron chi connectivity index (χ4n) is 1.60. The Kier molecular flexibility index (Phi) is 5.76. The van der Waals surface area contributed by atoms with E-state index in [-0.39, 0.29) is 12.1 Å². The van der Waals surface area contributed by atoms with Gasteiger partial charge in [0.25, 0.3) is 0 Å². The van der Waals surface area contributed by atoms with Gasteiger partial charge < -0.3 is 15.8 Å². The van der Waals surface area contributed by atoms with Crippen molar-refractivity contribution in [3.8, 4) is 0 Å². The summed E-state index contributed by atoms with van der Waals surface area (Å²) in [5.74, 6) is 0. The minimum atomic E-state index is -0.461. The molecule has 0 saturated heterocycles. The molecule has 19 heavy (non-hydrogen) atoms. The minimum Gasteiger partial charge on any atom is -0.444 e. The number of ether oxygens (including phenoxy) is 1. The highest BCUT2D eigenvalue weighted by atomic mass is 16.6. The third-order valence-corrected chi connectivity index (χ3v) is 2.49. The summed E-state index contributed by atoms with van der Waals surface area (Å²) in [6, 6.07) is 3.79. The predicted molar refractivity (Wildman–Crippen MR) is 74.6 cm³/mol. The van der Waals surface area contributed by atoms with Crippen molar-refractivity contribution in [3.63, 3.8) is 0 Å². The smallest absolute Gasteiger partial charge is 0.407 e. The van der Waals surface area contributed by atoms with Crippen molar-refractivity contribution in [1.29, 1.82) is 0 Å². The summed E-state index contributed by atoms with van der Waals surface area (Å²) in [5.41, 5.74) is 6.64. The zero-order chi connectivity index (χ0) is 14.3. The van der Waals surface area contributed by atoms with Gasteiger partial charge in [-0.1, -0.05) is 0 Å². The number of nitrogens with zero attached hydrogens (tertiary/aromatic N) is 1. The maximum atomic E-state index is 11.4. The molecule has 106 valence electrons. The van der Waals surface area contributed by atoms with Gasteiger partial charge in [-0.3, -0.25) is 4.98 Å². The maximum absolute atomic E-state index is 11.4. The molecule has 0 aliphatic heterocycles. The summed E-state index contributed by atoms with van der Waals surface area (Å²) in [5, 5.41) is 2.72. The van der Waals surface area contributed by atoms with Crippen LogP contribution in [0.2, 0.25) is 0 Å². The second-order valence-electron chi connectivity index (χ2n) is 5.46. The summed E-state index contributed by atoms with van der Waals surface area (Å²) in [7, 11) is 0. The first-order valence-electron chi connectivity index (χ1n) is 6.51. The first kappa shape index (κ1) is 15.4. The van der Waals surface area contributed by atoms with Gasteiger partial charge in [-0.2, -0.15) is 0 Å². The van der Waals surface area contributed by atoms with Crippen LogP contribution in [0.5, 0.6) is 0 Å². The van der Waals surface area contributed by atoms with Crippen LogP contribution in [-0.2, 0) is 4.74 Å². The number of nitrogens with two attached hydrogens (primary N) is 1. The number of amides is 1. The van der Waals surface area contributed by atoms with Gasteiger partial charge in [0.15, 0.2) is 0 Å². The van der Waals surface area contributed by atoms with E-state index >= 15 is 0 Å². The van der Waals surface area contributed by atoms with E-state index in [1.165, 1.54) is 0 Å². The Hall–Kier alpha value is -1.62. The molecular weight excluding hydrogens is 242 g/mol. The average Bonchev–Trinajstić information content (AvgIpc) is 2.33. The second kappa shape index (κ2) is 7.09. The molecule has 0 aromatic carbocycles. The number of nitrogens with one attached hydrogen (secondary N) is 1. The number of pyridine rings is 1. The van der Waals surface area contributed by atoms with E-state index in [2.05, 4.69) is 10.3 Å². The van der Waals surface area contributed by atoms with Crippen LogP contribution in [0.15, 0.2) is 24.5 Å². The Balaban J connectivity index is 2.19. The van der Waals surface area contributed by atoms with Gasteiger partial charge in [0.1, 0.15) is 5.60 Å². The summed E-state index contributed by atoms with van der Waals surface area (Å²) >= 11 is 0. The van der Waals surface area contributed by atoms with Crippen LogP contribution < -0.4 is 11.1 Å². The molecular formula is C14H23N3O2. The number of alkyl carbamates (subject to hydrolysis) is 1. The SMILES string of the molecule is CC(C)(C)OC(=O)NCCC[C@@H](N)c1ccncc1. The largest absolute Gasteiger partial charge is 0.444 e. The third kappa shape index (κ3) is 6.76. The third-order valence-electron chi connectivity index (χ3n) is 2.49. The molecule has 0 radical (unpaired) electrons. The topological polar surface area (TPSA) is 77.2 Å². The van der Waals surface area contributed by atoms with Crippen LogP contribution in [0.1, 0.15) is 45.2 Å². The highest BCUT2D eigenvalue weighted by molar-refractivity contribution is 5.67. The average molecular weight is 265 g/mol. The Morgan fingerprint density at radius 3 is 2.63 bits per heavy atom. The maximum Gasteiger partial charge on any atom is 0.407 e. The van der Waals surface area contributed by atoms with Crippen molar-refractivity contribution in [2.75, 3.05) is 6.54 Å². The normalized spacial score (nSPS) is 12.8. The van der Waals surface area contributed by atoms with Gasteiger partial charge >= 0.3 is 6.09 Å². The molecule has 0 fully saturated rings. The minimum absolute atomic E-state index is 0.0246. The van der Waals surface area contributed by atoms with E-state index in [0.717, 1.165) is 18.4 Å². The molecule has 1 heterocycles. The van der Waals surface area contributed by atoms with Crippen molar-refractivity contribution in [1.82, 2.24) is 10.3 Å². The summed E-state index contributed by atoms with van der Waals surface area (Å²) in [4.78, 5) is 15.4. The molecule has 5 nitrogen and oxygen atoms in total. The van der Waals surface area contributed by atoms with Crippen LogP contribution in [0, 0.1) is 0 Å². The van der Waals surface area contributed by atoms with Crippen LogP contribution in [0.3, 0.4) is 0 Å². The summed E-state index contributed by atoms with van der Waals surface area (Å²) < 4.78 is 5.14. The van der Waals surface area contributed by atoms with E-state index in [1.54, 1.807) is 12.4 Å². The molecule has 0 aliphatic carbocycles. The zero-order valence-corrected chi connectivity index (χ0v) is 11.8. The van der Waals surface area contributed by atoms with E-state index in [9.17, 15) is 4.79 Å². The molecule has 0 unspecified atom stereocenters. The van der Waals surface area contributed by atoms with Crippen molar-refractivity contribution < 1.29 is 9.53 Å². The van der Waals surface area contributed by atoms with Gasteiger partial charge in [-0.05, 0) is 51.3 Å². The second-order valence-corrected chi connectivity index (χ2v) is 5.46. The van der Waals surface area contributed by atoms with Gasteiger partial charge in [0.05, 0.1) is 0 Å². The van der Waals surface area contributed by atoms with Gasteiger partial charge in [-0.15, -0.1) is 0 Å². The molecule has 0 spiro atoms. The van der Waals surface area contributed by atoms with E-state index in [0.29, 0.717) is 6.54 Å². The van der Waals surface area contributed by atoms with E-state index in [1.807, 2.05) is 32.9 Å². The lowest BCUT2D eigenvalue weighted by molar-refractivity contribution is 0.0526. The van der Waals surface area contributed by atoms with Crippen molar-refractivity contribution >= 4 is 6.09 Å². The number of hydrogen-bond acceptors (Lipinski definition) is 4. The molecule has 1 aromatic rings. The molecule has 1 aromatic heterocycles. The lowest BCUT2D eigenvalue weighted by Crippen LogP contribution is -2.33. The summed E-state index contributed by atoms with van der Waals surface area (Å²) in [6.45, 7) is 6.08. The van der Waals surface area contributed by atoms with Crippen LogP contribution >= 0.6 is 0 Å². The molecule has 1 rings (SSSR count). The van der Waals surface area contributed by atoms with Crippen molar-refractivity contribution in [3.05, 3.63) is 30.1 Å². The number of aromatic nitrogens is 1. The monoisotopic (exact) mass is 265 g/mol. The fraction of sp³-hybridized carbons (Fsp3) is 0.571. The van der Waals surface area contributed by atoms with Crippen LogP contribution in [-0.4, -0.2) is 23.2 Å². The summed E-state index contributed by atoms with van der Waals surface area (Å²) in [6.07, 6.45) is 4.69. The van der Waals surface area contributed by atoms with Gasteiger partial charge in [-0.25, -0.2) is 4.79 Å². The van der Waals surface area contributed by atoms with E-state index in [4.69, 9.17) is 10.5 Å². The molecule has 1 atom stereocenters. The lowest BCUT2D eigenvalue weighted by atomic mass is 10.0. The predicted octanol–water partition coefficient (Wildman–Crippen LogP) is 2.39. The molecule has 0 saturated carbocycles. The highest BCUT2D eigenvalue weighted by Crippen LogP contribution is 2.14. The van der Waals surface area contributed by atoms with Gasteiger partial charge in [0.2, 0.25) is 0 Å². The highest BCUT2D eigenvalue weighted by Gasteiger charge is 2.15. The zero-order valence-electron chi connectivity index (χ0n) is 11.8. The quantitative estimate of drug-likeness (QED) is 0.801.